The Morgan fingerprint density at radius 1 is 1.14 bits per heavy atom. The largest absolute Gasteiger partial charge is 0.338 e. The standard InChI is InChI=1S/C29H28Cl2FN3O/c1-17-25-14-33-35(23-9-7-22(32)8-10-23)27(25)12-19-5-11-24(28(17)19)29(36)34(15-18-2-3-18)16-20-4-6-21(30)13-26(20)31/h4,6-10,13-14,17-18,24H,2-3,5,11-12,15-16H2,1H3/t17-,24+/m0/s1. The molecule has 1 aromatic heterocycles. The first kappa shape index (κ1) is 23.7. The van der Waals surface area contributed by atoms with Crippen molar-refractivity contribution in [3.63, 3.8) is 0 Å². The van der Waals surface area contributed by atoms with Gasteiger partial charge in [-0.05, 0) is 73.6 Å². The number of rotatable bonds is 6. The van der Waals surface area contributed by atoms with Crippen LogP contribution in [0.25, 0.3) is 5.69 Å². The molecule has 0 spiro atoms. The van der Waals surface area contributed by atoms with Crippen molar-refractivity contribution < 1.29 is 9.18 Å². The molecule has 0 bridgehead atoms. The van der Waals surface area contributed by atoms with Crippen molar-refractivity contribution in [2.24, 2.45) is 11.8 Å². The fraction of sp³-hybridized carbons (Fsp3) is 0.379. The van der Waals surface area contributed by atoms with Gasteiger partial charge in [-0.1, -0.05) is 47.3 Å². The third kappa shape index (κ3) is 4.37. The lowest BCUT2D eigenvalue weighted by atomic mass is 9.79. The van der Waals surface area contributed by atoms with Crippen LogP contribution in [0.3, 0.4) is 0 Å². The van der Waals surface area contributed by atoms with Crippen LogP contribution >= 0.6 is 23.2 Å². The summed E-state index contributed by atoms with van der Waals surface area (Å²) in [4.78, 5) is 16.1. The van der Waals surface area contributed by atoms with Crippen molar-refractivity contribution >= 4 is 29.1 Å². The topological polar surface area (TPSA) is 38.1 Å². The molecule has 6 rings (SSSR count). The Labute approximate surface area is 220 Å². The number of amides is 1. The second-order valence-corrected chi connectivity index (χ2v) is 11.2. The molecule has 3 aliphatic rings. The molecule has 0 N–H and O–H groups in total. The first-order chi connectivity index (χ1) is 17.4. The van der Waals surface area contributed by atoms with E-state index in [9.17, 15) is 9.18 Å². The van der Waals surface area contributed by atoms with Gasteiger partial charge in [0.15, 0.2) is 0 Å². The zero-order valence-electron chi connectivity index (χ0n) is 20.2. The van der Waals surface area contributed by atoms with Crippen molar-refractivity contribution in [2.45, 2.75) is 51.5 Å². The Morgan fingerprint density at radius 2 is 1.92 bits per heavy atom. The van der Waals surface area contributed by atoms with Crippen LogP contribution in [-0.2, 0) is 17.8 Å². The third-order valence-electron chi connectivity index (χ3n) is 7.97. The minimum Gasteiger partial charge on any atom is -0.338 e. The number of benzene rings is 2. The fourth-order valence-electron chi connectivity index (χ4n) is 5.94. The lowest BCUT2D eigenvalue weighted by Crippen LogP contribution is -2.38. The van der Waals surface area contributed by atoms with Gasteiger partial charge in [-0.3, -0.25) is 4.79 Å². The maximum atomic E-state index is 14.0. The number of allylic oxidation sites excluding steroid dienone is 1. The Kier molecular flexibility index (Phi) is 6.17. The van der Waals surface area contributed by atoms with E-state index in [-0.39, 0.29) is 23.6 Å². The predicted octanol–water partition coefficient (Wildman–Crippen LogP) is 7.12. The van der Waals surface area contributed by atoms with Crippen LogP contribution in [0.5, 0.6) is 0 Å². The van der Waals surface area contributed by atoms with E-state index in [1.54, 1.807) is 18.2 Å². The van der Waals surface area contributed by atoms with Gasteiger partial charge >= 0.3 is 0 Å². The second-order valence-electron chi connectivity index (χ2n) is 10.4. The highest BCUT2D eigenvalue weighted by Crippen LogP contribution is 2.48. The summed E-state index contributed by atoms with van der Waals surface area (Å²) in [5, 5.41) is 5.85. The Bertz CT molecular complexity index is 1360. The fourth-order valence-corrected chi connectivity index (χ4v) is 6.41. The van der Waals surface area contributed by atoms with Crippen molar-refractivity contribution in [3.05, 3.63) is 92.5 Å². The Morgan fingerprint density at radius 3 is 2.64 bits per heavy atom. The van der Waals surface area contributed by atoms with Crippen molar-refractivity contribution in [3.8, 4) is 5.69 Å². The van der Waals surface area contributed by atoms with Crippen LogP contribution in [0, 0.1) is 17.7 Å². The van der Waals surface area contributed by atoms with Gasteiger partial charge in [0.05, 0.1) is 23.5 Å². The second kappa shape index (κ2) is 9.35. The lowest BCUT2D eigenvalue weighted by molar-refractivity contribution is -0.135. The monoisotopic (exact) mass is 523 g/mol. The van der Waals surface area contributed by atoms with Gasteiger partial charge in [0.25, 0.3) is 0 Å². The summed E-state index contributed by atoms with van der Waals surface area (Å²) < 4.78 is 15.4. The number of hydrogen-bond acceptors (Lipinski definition) is 2. The predicted molar refractivity (Wildman–Crippen MR) is 140 cm³/mol. The molecule has 0 saturated heterocycles. The number of fused-ring (bicyclic) bond motifs is 1. The average molecular weight is 524 g/mol. The summed E-state index contributed by atoms with van der Waals surface area (Å²) in [6.07, 6.45) is 6.82. The van der Waals surface area contributed by atoms with E-state index in [4.69, 9.17) is 23.2 Å². The summed E-state index contributed by atoms with van der Waals surface area (Å²) in [5.41, 5.74) is 6.72. The number of carbonyl (C=O) groups excluding carboxylic acids is 1. The van der Waals surface area contributed by atoms with Gasteiger partial charge in [0.1, 0.15) is 5.82 Å². The normalized spacial score (nSPS) is 20.9. The molecular weight excluding hydrogens is 496 g/mol. The zero-order chi connectivity index (χ0) is 25.0. The van der Waals surface area contributed by atoms with E-state index in [1.165, 1.54) is 36.1 Å². The van der Waals surface area contributed by atoms with E-state index in [0.29, 0.717) is 22.5 Å². The number of aromatic nitrogens is 2. The lowest BCUT2D eigenvalue weighted by Gasteiger charge is -2.31. The van der Waals surface area contributed by atoms with Gasteiger partial charge < -0.3 is 4.90 Å². The Hall–Kier alpha value is -2.63. The van der Waals surface area contributed by atoms with E-state index >= 15 is 0 Å². The van der Waals surface area contributed by atoms with Crippen LogP contribution in [-0.4, -0.2) is 27.1 Å². The molecule has 1 amide bonds. The van der Waals surface area contributed by atoms with Crippen LogP contribution in [0.4, 0.5) is 4.39 Å². The van der Waals surface area contributed by atoms with Gasteiger partial charge in [-0.2, -0.15) is 5.10 Å². The summed E-state index contributed by atoms with van der Waals surface area (Å²) in [5.74, 6) is 0.544. The van der Waals surface area contributed by atoms with Crippen molar-refractivity contribution in [2.75, 3.05) is 6.54 Å². The Balaban J connectivity index is 1.27. The number of halogens is 3. The van der Waals surface area contributed by atoms with Gasteiger partial charge in [0, 0.05) is 41.0 Å². The minimum atomic E-state index is -0.258. The van der Waals surface area contributed by atoms with Crippen molar-refractivity contribution in [1.29, 1.82) is 0 Å². The van der Waals surface area contributed by atoms with Gasteiger partial charge in [0.2, 0.25) is 5.91 Å². The summed E-state index contributed by atoms with van der Waals surface area (Å²) >= 11 is 12.6. The maximum absolute atomic E-state index is 14.0. The highest BCUT2D eigenvalue weighted by atomic mass is 35.5. The van der Waals surface area contributed by atoms with Crippen LogP contribution in [0.1, 0.15) is 55.3 Å². The van der Waals surface area contributed by atoms with E-state index < -0.39 is 0 Å². The molecule has 1 fully saturated rings. The molecule has 3 aliphatic carbocycles. The quantitative estimate of drug-likeness (QED) is 0.322. The van der Waals surface area contributed by atoms with E-state index in [2.05, 4.69) is 12.0 Å². The highest BCUT2D eigenvalue weighted by molar-refractivity contribution is 6.35. The van der Waals surface area contributed by atoms with Crippen LogP contribution < -0.4 is 0 Å². The molecule has 3 aromatic rings. The summed E-state index contributed by atoms with van der Waals surface area (Å²) in [6, 6.07) is 12.0. The minimum absolute atomic E-state index is 0.109. The zero-order valence-corrected chi connectivity index (χ0v) is 21.7. The number of nitrogens with zero attached hydrogens (tertiary/aromatic N) is 3. The van der Waals surface area contributed by atoms with Crippen LogP contribution in [0.15, 0.2) is 59.8 Å². The molecule has 1 heterocycles. The number of carbonyl (C=O) groups is 1. The molecule has 7 heteroatoms. The molecular formula is C29H28Cl2FN3O. The number of hydrogen-bond donors (Lipinski definition) is 0. The molecule has 36 heavy (non-hydrogen) atoms. The molecule has 186 valence electrons. The maximum Gasteiger partial charge on any atom is 0.230 e. The SMILES string of the molecule is C[C@@H]1C2=C(CC[C@H]2C(=O)N(Cc2ccc(Cl)cc2Cl)CC2CC2)Cc2c1cnn2-c1ccc(F)cc1. The first-order valence-corrected chi connectivity index (χ1v) is 13.4. The molecule has 0 unspecified atom stereocenters. The molecule has 0 radical (unpaired) electrons. The van der Waals surface area contributed by atoms with Crippen LogP contribution in [0.2, 0.25) is 10.0 Å². The average Bonchev–Trinajstić information content (AvgIpc) is 3.41. The van der Waals surface area contributed by atoms with Gasteiger partial charge in [-0.25, -0.2) is 9.07 Å². The van der Waals surface area contributed by atoms with E-state index in [0.717, 1.165) is 48.3 Å². The van der Waals surface area contributed by atoms with Crippen molar-refractivity contribution in [1.82, 2.24) is 14.7 Å². The smallest absolute Gasteiger partial charge is 0.230 e. The van der Waals surface area contributed by atoms with Gasteiger partial charge in [-0.15, -0.1) is 0 Å². The molecule has 2 aromatic carbocycles. The molecule has 2 atom stereocenters. The van der Waals surface area contributed by atoms with E-state index in [1.807, 2.05) is 27.9 Å². The first-order valence-electron chi connectivity index (χ1n) is 12.7. The molecule has 0 aliphatic heterocycles. The summed E-state index contributed by atoms with van der Waals surface area (Å²) in [6.45, 7) is 3.47. The summed E-state index contributed by atoms with van der Waals surface area (Å²) in [7, 11) is 0. The highest BCUT2D eigenvalue weighted by Gasteiger charge is 2.41. The molecule has 1 saturated carbocycles. The third-order valence-corrected chi connectivity index (χ3v) is 8.55. The molecule has 4 nitrogen and oxygen atoms in total.